The van der Waals surface area contributed by atoms with Gasteiger partial charge in [-0.05, 0) is 36.2 Å². The molecule has 158 valence electrons. The number of hydrogen-bond donors (Lipinski definition) is 1. The third-order valence-corrected chi connectivity index (χ3v) is 5.74. The SMILES string of the molecule is CCCCCNC(=O)CSc1nc2ccccc2c(=O)n1Cc1ccc(OC)cc1. The van der Waals surface area contributed by atoms with Crippen LogP contribution in [0.2, 0.25) is 0 Å². The summed E-state index contributed by atoms with van der Waals surface area (Å²) in [5.74, 6) is 0.936. The lowest BCUT2D eigenvalue weighted by molar-refractivity contribution is -0.118. The fourth-order valence-corrected chi connectivity index (χ4v) is 3.92. The maximum absolute atomic E-state index is 13.1. The van der Waals surface area contributed by atoms with Gasteiger partial charge in [0.1, 0.15) is 5.75 Å². The molecule has 0 bridgehead atoms. The number of methoxy groups -OCH3 is 1. The van der Waals surface area contributed by atoms with Crippen LogP contribution in [0.3, 0.4) is 0 Å². The largest absolute Gasteiger partial charge is 0.497 e. The fraction of sp³-hybridized carbons (Fsp3) is 0.348. The molecule has 1 amide bonds. The van der Waals surface area contributed by atoms with Crippen LogP contribution in [0.1, 0.15) is 31.7 Å². The molecule has 1 heterocycles. The van der Waals surface area contributed by atoms with E-state index in [1.165, 1.54) is 11.8 Å². The predicted molar refractivity (Wildman–Crippen MR) is 121 cm³/mol. The number of carbonyl (C=O) groups excluding carboxylic acids is 1. The van der Waals surface area contributed by atoms with E-state index in [1.807, 2.05) is 42.5 Å². The van der Waals surface area contributed by atoms with Crippen molar-refractivity contribution in [3.63, 3.8) is 0 Å². The van der Waals surface area contributed by atoms with Crippen LogP contribution in [-0.2, 0) is 11.3 Å². The van der Waals surface area contributed by atoms with Gasteiger partial charge in [0.2, 0.25) is 5.91 Å². The van der Waals surface area contributed by atoms with Gasteiger partial charge in [0.25, 0.3) is 5.56 Å². The summed E-state index contributed by atoms with van der Waals surface area (Å²) in [4.78, 5) is 30.0. The smallest absolute Gasteiger partial charge is 0.262 e. The van der Waals surface area contributed by atoms with E-state index < -0.39 is 0 Å². The summed E-state index contributed by atoms with van der Waals surface area (Å²) in [7, 11) is 1.62. The second-order valence-corrected chi connectivity index (χ2v) is 7.94. The Bertz CT molecular complexity index is 1050. The summed E-state index contributed by atoms with van der Waals surface area (Å²) in [5.41, 5.74) is 1.49. The summed E-state index contributed by atoms with van der Waals surface area (Å²) < 4.78 is 6.85. The van der Waals surface area contributed by atoms with E-state index in [0.717, 1.165) is 30.6 Å². The van der Waals surface area contributed by atoms with Gasteiger partial charge in [0.15, 0.2) is 5.16 Å². The van der Waals surface area contributed by atoms with Gasteiger partial charge in [-0.25, -0.2) is 4.98 Å². The average Bonchev–Trinajstić information content (AvgIpc) is 2.78. The third kappa shape index (κ3) is 5.63. The molecule has 0 saturated heterocycles. The minimum absolute atomic E-state index is 0.0468. The molecule has 0 saturated carbocycles. The molecule has 3 rings (SSSR count). The lowest BCUT2D eigenvalue weighted by Crippen LogP contribution is -2.28. The number of carbonyl (C=O) groups is 1. The molecule has 0 aliphatic carbocycles. The van der Waals surface area contributed by atoms with Crippen molar-refractivity contribution in [2.24, 2.45) is 0 Å². The quantitative estimate of drug-likeness (QED) is 0.303. The first-order valence-corrected chi connectivity index (χ1v) is 11.1. The monoisotopic (exact) mass is 425 g/mol. The normalized spacial score (nSPS) is 10.9. The zero-order chi connectivity index (χ0) is 21.3. The molecule has 0 spiro atoms. The number of unbranched alkanes of at least 4 members (excludes halogenated alkanes) is 2. The number of hydrogen-bond acceptors (Lipinski definition) is 5. The molecule has 2 aromatic carbocycles. The molecule has 0 atom stereocenters. The summed E-state index contributed by atoms with van der Waals surface area (Å²) in [6, 6.07) is 14.9. The molecule has 3 aromatic rings. The van der Waals surface area contributed by atoms with Crippen molar-refractivity contribution in [2.45, 2.75) is 37.9 Å². The molecule has 0 aliphatic heterocycles. The van der Waals surface area contributed by atoms with E-state index in [4.69, 9.17) is 4.74 Å². The van der Waals surface area contributed by atoms with Crippen LogP contribution >= 0.6 is 11.8 Å². The molecule has 0 fully saturated rings. The number of nitrogens with one attached hydrogen (secondary N) is 1. The first kappa shape index (κ1) is 21.9. The zero-order valence-electron chi connectivity index (χ0n) is 17.4. The Hall–Kier alpha value is -2.80. The van der Waals surface area contributed by atoms with Gasteiger partial charge >= 0.3 is 0 Å². The van der Waals surface area contributed by atoms with E-state index in [1.54, 1.807) is 17.7 Å². The highest BCUT2D eigenvalue weighted by atomic mass is 32.2. The van der Waals surface area contributed by atoms with Crippen molar-refractivity contribution in [3.8, 4) is 5.75 Å². The highest BCUT2D eigenvalue weighted by molar-refractivity contribution is 7.99. The second kappa shape index (κ2) is 10.8. The second-order valence-electron chi connectivity index (χ2n) is 7.00. The van der Waals surface area contributed by atoms with Crippen LogP contribution in [0.5, 0.6) is 5.75 Å². The average molecular weight is 426 g/mol. The van der Waals surface area contributed by atoms with Crippen molar-refractivity contribution in [2.75, 3.05) is 19.4 Å². The molecular weight excluding hydrogens is 398 g/mol. The number of para-hydroxylation sites is 1. The predicted octanol–water partition coefficient (Wildman–Crippen LogP) is 3.85. The van der Waals surface area contributed by atoms with Crippen LogP contribution in [0, 0.1) is 0 Å². The van der Waals surface area contributed by atoms with Gasteiger partial charge < -0.3 is 10.1 Å². The van der Waals surface area contributed by atoms with E-state index >= 15 is 0 Å². The first-order valence-electron chi connectivity index (χ1n) is 10.1. The van der Waals surface area contributed by atoms with Crippen LogP contribution in [0.15, 0.2) is 58.5 Å². The van der Waals surface area contributed by atoms with E-state index in [0.29, 0.717) is 29.1 Å². The summed E-state index contributed by atoms with van der Waals surface area (Å²) in [6.07, 6.45) is 3.19. The fourth-order valence-electron chi connectivity index (χ4n) is 3.09. The molecule has 7 heteroatoms. The number of benzene rings is 2. The Morgan fingerprint density at radius 1 is 1.13 bits per heavy atom. The maximum Gasteiger partial charge on any atom is 0.262 e. The molecule has 1 aromatic heterocycles. The van der Waals surface area contributed by atoms with Crippen molar-refractivity contribution < 1.29 is 9.53 Å². The topological polar surface area (TPSA) is 73.2 Å². The minimum Gasteiger partial charge on any atom is -0.497 e. The first-order chi connectivity index (χ1) is 14.6. The molecule has 1 N–H and O–H groups in total. The minimum atomic E-state index is -0.109. The van der Waals surface area contributed by atoms with Crippen molar-refractivity contribution >= 4 is 28.6 Å². The van der Waals surface area contributed by atoms with E-state index in [2.05, 4.69) is 17.2 Å². The maximum atomic E-state index is 13.1. The van der Waals surface area contributed by atoms with Crippen molar-refractivity contribution in [1.82, 2.24) is 14.9 Å². The van der Waals surface area contributed by atoms with Crippen LogP contribution in [-0.4, -0.2) is 34.9 Å². The number of fused-ring (bicyclic) bond motifs is 1. The van der Waals surface area contributed by atoms with Gasteiger partial charge in [-0.3, -0.25) is 14.2 Å². The van der Waals surface area contributed by atoms with Gasteiger partial charge in [0.05, 0.1) is 30.3 Å². The number of aromatic nitrogens is 2. The van der Waals surface area contributed by atoms with Crippen molar-refractivity contribution in [3.05, 3.63) is 64.4 Å². The Labute approximate surface area is 180 Å². The Kier molecular flexibility index (Phi) is 7.90. The molecule has 0 radical (unpaired) electrons. The molecule has 0 unspecified atom stereocenters. The number of ether oxygens (including phenoxy) is 1. The molecule has 6 nitrogen and oxygen atoms in total. The lowest BCUT2D eigenvalue weighted by Gasteiger charge is -2.13. The number of nitrogens with zero attached hydrogens (tertiary/aromatic N) is 2. The summed E-state index contributed by atoms with van der Waals surface area (Å²) >= 11 is 1.29. The van der Waals surface area contributed by atoms with Crippen molar-refractivity contribution in [1.29, 1.82) is 0 Å². The van der Waals surface area contributed by atoms with Gasteiger partial charge in [-0.2, -0.15) is 0 Å². The highest BCUT2D eigenvalue weighted by Crippen LogP contribution is 2.20. The number of rotatable bonds is 10. The standard InChI is InChI=1S/C23H27N3O3S/c1-3-4-7-14-24-21(27)16-30-23-25-20-9-6-5-8-19(20)22(28)26(23)15-17-10-12-18(29-2)13-11-17/h5-6,8-13H,3-4,7,14-16H2,1-2H3,(H,24,27). The van der Waals surface area contributed by atoms with Gasteiger partial charge in [-0.15, -0.1) is 0 Å². The molecule has 0 aliphatic rings. The third-order valence-electron chi connectivity index (χ3n) is 4.76. The summed E-state index contributed by atoms with van der Waals surface area (Å²) in [6.45, 7) is 3.18. The van der Waals surface area contributed by atoms with Gasteiger partial charge in [-0.1, -0.05) is 55.8 Å². The van der Waals surface area contributed by atoms with Crippen LogP contribution in [0.4, 0.5) is 0 Å². The van der Waals surface area contributed by atoms with Crippen LogP contribution in [0.25, 0.3) is 10.9 Å². The van der Waals surface area contributed by atoms with E-state index in [9.17, 15) is 9.59 Å². The molecular formula is C23H27N3O3S. The molecule has 30 heavy (non-hydrogen) atoms. The lowest BCUT2D eigenvalue weighted by atomic mass is 10.2. The Morgan fingerprint density at radius 2 is 1.90 bits per heavy atom. The van der Waals surface area contributed by atoms with E-state index in [-0.39, 0.29) is 17.2 Å². The Morgan fingerprint density at radius 3 is 2.63 bits per heavy atom. The van der Waals surface area contributed by atoms with Gasteiger partial charge in [0, 0.05) is 6.54 Å². The zero-order valence-corrected chi connectivity index (χ0v) is 18.2. The summed E-state index contributed by atoms with van der Waals surface area (Å²) in [5, 5.41) is 4.04. The van der Waals surface area contributed by atoms with Crippen LogP contribution < -0.4 is 15.6 Å². The Balaban J connectivity index is 1.83. The number of thioether (sulfide) groups is 1. The highest BCUT2D eigenvalue weighted by Gasteiger charge is 2.14. The number of amides is 1.